The summed E-state index contributed by atoms with van der Waals surface area (Å²) < 4.78 is 2.48. The van der Waals surface area contributed by atoms with Gasteiger partial charge in [-0.3, -0.25) is 0 Å². The van der Waals surface area contributed by atoms with Crippen molar-refractivity contribution < 1.29 is 28.6 Å². The number of fused-ring (bicyclic) bond motifs is 1. The van der Waals surface area contributed by atoms with Gasteiger partial charge in [0.15, 0.2) is 0 Å². The molecule has 0 bridgehead atoms. The zero-order chi connectivity index (χ0) is 16.9. The van der Waals surface area contributed by atoms with Crippen molar-refractivity contribution in [3.05, 3.63) is 61.3 Å². The summed E-state index contributed by atoms with van der Waals surface area (Å²) in [5.74, 6) is 0. The van der Waals surface area contributed by atoms with Crippen molar-refractivity contribution >= 4 is 14.0 Å². The molecule has 1 aromatic carbocycles. The van der Waals surface area contributed by atoms with E-state index >= 15 is 0 Å². The third-order valence-corrected chi connectivity index (χ3v) is 11.0. The Hall–Kier alpha value is -0.556. The minimum atomic E-state index is -0.210. The molecule has 0 aliphatic heterocycles. The van der Waals surface area contributed by atoms with Gasteiger partial charge in [0, 0.05) is 0 Å². The number of rotatable bonds is 3. The molecule has 1 aromatic rings. The number of hydrogen-bond donors (Lipinski definition) is 0. The molecule has 2 aliphatic carbocycles. The van der Waals surface area contributed by atoms with E-state index in [0.29, 0.717) is 4.22 Å². The van der Waals surface area contributed by atoms with E-state index in [9.17, 15) is 0 Å². The van der Waals surface area contributed by atoms with Crippen molar-refractivity contribution in [3.63, 3.8) is 0 Å². The molecule has 1 atom stereocenters. The maximum absolute atomic E-state index is 2.50. The third-order valence-electron chi connectivity index (χ3n) is 5.77. The van der Waals surface area contributed by atoms with Crippen LogP contribution in [-0.2, 0) is 19.2 Å². The van der Waals surface area contributed by atoms with Crippen LogP contribution in [0.3, 0.4) is 0 Å². The maximum Gasteiger partial charge on any atom is -1.00 e. The topological polar surface area (TPSA) is 0 Å². The zero-order valence-electron chi connectivity index (χ0n) is 16.2. The molecule has 0 radical (unpaired) electrons. The van der Waals surface area contributed by atoms with Crippen LogP contribution in [0.2, 0.25) is 0 Å². The predicted octanol–water partition coefficient (Wildman–Crippen LogP) is 0.564. The Kier molecular flexibility index (Phi) is 7.19. The summed E-state index contributed by atoms with van der Waals surface area (Å²) in [6.45, 7) is 16.7. The van der Waals surface area contributed by atoms with Gasteiger partial charge in [-0.1, -0.05) is 0 Å². The fourth-order valence-corrected chi connectivity index (χ4v) is 9.35. The summed E-state index contributed by atoms with van der Waals surface area (Å²) in [6, 6.07) is 9.08. The molecule has 2 aliphatic rings. The first-order valence-corrected chi connectivity index (χ1v) is 12.3. The number of halogens is 2. The van der Waals surface area contributed by atoms with Gasteiger partial charge in [0.25, 0.3) is 0 Å². The molecule has 0 nitrogen and oxygen atoms in total. The number of hydrogen-bond acceptors (Lipinski definition) is 0. The Morgan fingerprint density at radius 2 is 1.56 bits per heavy atom. The van der Waals surface area contributed by atoms with E-state index in [-0.39, 0.29) is 41.9 Å². The molecule has 0 heterocycles. The maximum atomic E-state index is 2.50. The van der Waals surface area contributed by atoms with Crippen LogP contribution in [0.1, 0.15) is 50.0 Å². The van der Waals surface area contributed by atoms with E-state index in [1.165, 1.54) is 5.56 Å². The second kappa shape index (κ2) is 7.99. The Morgan fingerprint density at radius 1 is 0.960 bits per heavy atom. The molecule has 0 N–H and O–H groups in total. The van der Waals surface area contributed by atoms with Crippen LogP contribution in [0, 0.1) is 5.41 Å². The predicted molar refractivity (Wildman–Crippen MR) is 101 cm³/mol. The molecule has 0 fully saturated rings. The summed E-state index contributed by atoms with van der Waals surface area (Å²) in [5, 5.41) is 1.72. The molecule has 3 rings (SSSR count). The second-order valence-electron chi connectivity index (χ2n) is 7.54. The summed E-state index contributed by atoms with van der Waals surface area (Å²) in [5.41, 5.74) is 8.05. The van der Waals surface area contributed by atoms with Gasteiger partial charge < -0.3 is 9.41 Å². The molecular formula is C21H27F2PTi. The first-order valence-electron chi connectivity index (χ1n) is 8.39. The molecule has 134 valence electrons. The van der Waals surface area contributed by atoms with Crippen molar-refractivity contribution in [1.29, 1.82) is 0 Å². The van der Waals surface area contributed by atoms with E-state index in [0.717, 1.165) is 0 Å². The SMILES string of the molecule is CC1=C(C)C(C)(C)[C]([Ti+2][CH]2C(P(C)C)=Cc3ccccc32)=C1C.[F-].[F-]. The smallest absolute Gasteiger partial charge is 1.00 e. The quantitative estimate of drug-likeness (QED) is 0.518. The molecule has 0 saturated heterocycles. The molecular weight excluding hydrogens is 369 g/mol. The fourth-order valence-electron chi connectivity index (χ4n) is 3.87. The van der Waals surface area contributed by atoms with Crippen molar-refractivity contribution in [2.75, 3.05) is 13.3 Å². The molecule has 0 aromatic heterocycles. The van der Waals surface area contributed by atoms with Crippen LogP contribution < -0.4 is 9.41 Å². The Balaban J connectivity index is 0.00000156. The molecule has 0 amide bonds. The molecule has 1 unspecified atom stereocenters. The summed E-state index contributed by atoms with van der Waals surface area (Å²) in [6.07, 6.45) is 2.50. The summed E-state index contributed by atoms with van der Waals surface area (Å²) >= 11 is -0.210. The van der Waals surface area contributed by atoms with Crippen LogP contribution in [0.25, 0.3) is 6.08 Å². The van der Waals surface area contributed by atoms with Gasteiger partial charge in [0.2, 0.25) is 0 Å². The van der Waals surface area contributed by atoms with Gasteiger partial charge in [0.1, 0.15) is 0 Å². The Labute approximate surface area is 161 Å². The van der Waals surface area contributed by atoms with Crippen LogP contribution in [0.5, 0.6) is 0 Å². The molecule has 4 heteroatoms. The van der Waals surface area contributed by atoms with Gasteiger partial charge in [-0.15, -0.1) is 0 Å². The molecule has 0 spiro atoms. The average Bonchev–Trinajstić information content (AvgIpc) is 2.94. The van der Waals surface area contributed by atoms with Crippen molar-refractivity contribution in [3.8, 4) is 0 Å². The molecule has 25 heavy (non-hydrogen) atoms. The van der Waals surface area contributed by atoms with Gasteiger partial charge in [-0.2, -0.15) is 0 Å². The number of allylic oxidation sites excluding steroid dienone is 5. The largest absolute Gasteiger partial charge is 1.00 e. The van der Waals surface area contributed by atoms with Gasteiger partial charge in [0.05, 0.1) is 0 Å². The van der Waals surface area contributed by atoms with Crippen LogP contribution in [0.15, 0.2) is 50.2 Å². The number of benzene rings is 1. The Bertz CT molecular complexity index is 757. The standard InChI is InChI=1S/C11H12P.C10H15.2FH.Ti/c1-12(2)11-7-9-5-3-4-6-10(9)8-11;1-7-6-10(4,5)9(3)8(7)2;;;/h3-8H,1-2H3;1-5H3;2*1H;/q;;;;+2/p-2. The Morgan fingerprint density at radius 3 is 2.08 bits per heavy atom. The summed E-state index contributed by atoms with van der Waals surface area (Å²) in [7, 11) is -0.0185. The van der Waals surface area contributed by atoms with Crippen molar-refractivity contribution in [2.45, 2.75) is 38.8 Å². The minimum absolute atomic E-state index is 0. The van der Waals surface area contributed by atoms with Crippen LogP contribution >= 0.6 is 7.92 Å². The first-order chi connectivity index (χ1) is 10.7. The van der Waals surface area contributed by atoms with Gasteiger partial charge >= 0.3 is 152 Å². The summed E-state index contributed by atoms with van der Waals surface area (Å²) in [4.78, 5) is 0. The van der Waals surface area contributed by atoms with E-state index in [4.69, 9.17) is 0 Å². The van der Waals surface area contributed by atoms with Crippen LogP contribution in [0.4, 0.5) is 0 Å². The van der Waals surface area contributed by atoms with Gasteiger partial charge in [-0.25, -0.2) is 0 Å². The monoisotopic (exact) mass is 396 g/mol. The first kappa shape index (κ1) is 22.5. The van der Waals surface area contributed by atoms with E-state index < -0.39 is 0 Å². The van der Waals surface area contributed by atoms with E-state index in [2.05, 4.69) is 78.3 Å². The second-order valence-corrected chi connectivity index (χ2v) is 12.0. The van der Waals surface area contributed by atoms with Crippen molar-refractivity contribution in [2.24, 2.45) is 5.41 Å². The molecule has 0 saturated carbocycles. The normalized spacial score (nSPS) is 20.8. The van der Waals surface area contributed by atoms with Gasteiger partial charge in [-0.05, 0) is 0 Å². The van der Waals surface area contributed by atoms with Crippen LogP contribution in [-0.4, -0.2) is 13.3 Å². The van der Waals surface area contributed by atoms with E-state index in [1.54, 1.807) is 31.5 Å². The average molecular weight is 396 g/mol. The third kappa shape index (κ3) is 3.64. The van der Waals surface area contributed by atoms with Crippen molar-refractivity contribution in [1.82, 2.24) is 0 Å². The van der Waals surface area contributed by atoms with E-state index in [1.807, 2.05) is 0 Å². The zero-order valence-corrected chi connectivity index (χ0v) is 18.6. The fraction of sp³-hybridized carbons (Fsp3) is 0.429. The minimum Gasteiger partial charge on any atom is -1.00 e.